The zero-order valence-corrected chi connectivity index (χ0v) is 14.4. The number of hydrogen-bond donors (Lipinski definition) is 2. The quantitative estimate of drug-likeness (QED) is 0.732. The van der Waals surface area contributed by atoms with Gasteiger partial charge in [-0.15, -0.1) is 0 Å². The molecule has 26 heavy (non-hydrogen) atoms. The molecule has 1 aliphatic rings. The first-order chi connectivity index (χ1) is 12.6. The summed E-state index contributed by atoms with van der Waals surface area (Å²) in [5, 5.41) is 12.4. The van der Waals surface area contributed by atoms with Crippen molar-refractivity contribution in [3.63, 3.8) is 0 Å². The van der Waals surface area contributed by atoms with Crippen molar-refractivity contribution in [2.24, 2.45) is 7.05 Å². The van der Waals surface area contributed by atoms with Crippen LogP contribution < -0.4 is 5.32 Å². The molecule has 130 valence electrons. The predicted octanol–water partition coefficient (Wildman–Crippen LogP) is 4.52. The highest BCUT2D eigenvalue weighted by Crippen LogP contribution is 2.43. The number of hydrogen-bond acceptors (Lipinski definition) is 3. The highest BCUT2D eigenvalue weighted by atomic mass is 19.1. The van der Waals surface area contributed by atoms with E-state index in [0.29, 0.717) is 22.5 Å². The van der Waals surface area contributed by atoms with Crippen LogP contribution in [0.5, 0.6) is 0 Å². The Morgan fingerprint density at radius 2 is 2.04 bits per heavy atom. The number of benzene rings is 2. The Bertz CT molecular complexity index is 991. The number of aromatic nitrogens is 2. The first kappa shape index (κ1) is 16.3. The van der Waals surface area contributed by atoms with Gasteiger partial charge in [0.1, 0.15) is 11.6 Å². The molecule has 0 amide bonds. The molecule has 2 N–H and O–H groups in total. The zero-order valence-electron chi connectivity index (χ0n) is 14.4. The molecule has 0 saturated heterocycles. The van der Waals surface area contributed by atoms with Gasteiger partial charge in [-0.1, -0.05) is 43.0 Å². The molecule has 2 unspecified atom stereocenters. The molecule has 4 nitrogen and oxygen atoms in total. The first-order valence-corrected chi connectivity index (χ1v) is 8.43. The molecule has 1 aliphatic heterocycles. The largest absolute Gasteiger partial charge is 0.376 e. The fourth-order valence-corrected chi connectivity index (χ4v) is 3.67. The van der Waals surface area contributed by atoms with Gasteiger partial charge in [0.2, 0.25) is 0 Å². The number of aryl methyl sites for hydroxylation is 1. The molecule has 0 bridgehead atoms. The maximum Gasteiger partial charge on any atom is 0.125 e. The maximum atomic E-state index is 14.1. The molecule has 2 heterocycles. The minimum absolute atomic E-state index is 0.211. The van der Waals surface area contributed by atoms with Crippen molar-refractivity contribution < 1.29 is 4.39 Å². The van der Waals surface area contributed by atoms with Gasteiger partial charge in [-0.25, -0.2) is 9.37 Å². The van der Waals surface area contributed by atoms with Crippen LogP contribution in [0.15, 0.2) is 61.4 Å². The fraction of sp³-hybridized carbons (Fsp3) is 0.143. The smallest absolute Gasteiger partial charge is 0.125 e. The van der Waals surface area contributed by atoms with Gasteiger partial charge in [0.05, 0.1) is 17.7 Å². The molecule has 2 atom stereocenters. The van der Waals surface area contributed by atoms with E-state index in [1.165, 1.54) is 12.1 Å². The van der Waals surface area contributed by atoms with Gasteiger partial charge in [0, 0.05) is 30.7 Å². The second-order valence-electron chi connectivity index (χ2n) is 6.44. The Kier molecular flexibility index (Phi) is 3.92. The van der Waals surface area contributed by atoms with E-state index < -0.39 is 0 Å². The van der Waals surface area contributed by atoms with Gasteiger partial charge in [-0.05, 0) is 23.3 Å². The van der Waals surface area contributed by atoms with Crippen LogP contribution >= 0.6 is 0 Å². The molecule has 5 heteroatoms. The Balaban J connectivity index is 1.94. The van der Waals surface area contributed by atoms with Gasteiger partial charge in [0.15, 0.2) is 0 Å². The van der Waals surface area contributed by atoms with Crippen LogP contribution in [0, 0.1) is 11.2 Å². The average Bonchev–Trinajstić information content (AvgIpc) is 3.06. The van der Waals surface area contributed by atoms with E-state index in [9.17, 15) is 4.39 Å². The molecular weight excluding hydrogens is 327 g/mol. The Hall–Kier alpha value is -3.21. The summed E-state index contributed by atoms with van der Waals surface area (Å²) in [6.45, 7) is 3.79. The van der Waals surface area contributed by atoms with Crippen molar-refractivity contribution in [3.8, 4) is 0 Å². The van der Waals surface area contributed by atoms with Gasteiger partial charge in [-0.2, -0.15) is 0 Å². The fourth-order valence-electron chi connectivity index (χ4n) is 3.67. The molecule has 0 aliphatic carbocycles. The number of nitrogens with zero attached hydrogens (tertiary/aromatic N) is 2. The van der Waals surface area contributed by atoms with E-state index >= 15 is 0 Å². The van der Waals surface area contributed by atoms with Crippen LogP contribution in [0.2, 0.25) is 0 Å². The number of halogens is 1. The molecule has 2 aromatic carbocycles. The number of rotatable bonds is 3. The summed E-state index contributed by atoms with van der Waals surface area (Å²) >= 11 is 0. The third-order valence-corrected chi connectivity index (χ3v) is 4.87. The van der Waals surface area contributed by atoms with Crippen LogP contribution in [-0.4, -0.2) is 15.3 Å². The normalized spacial score (nSPS) is 18.9. The van der Waals surface area contributed by atoms with Crippen molar-refractivity contribution in [1.29, 1.82) is 5.41 Å². The van der Waals surface area contributed by atoms with Crippen molar-refractivity contribution in [2.45, 2.75) is 12.0 Å². The molecule has 3 aromatic rings. The molecule has 0 fully saturated rings. The van der Waals surface area contributed by atoms with Gasteiger partial charge < -0.3 is 15.3 Å². The summed E-state index contributed by atoms with van der Waals surface area (Å²) in [7, 11) is 1.92. The Labute approximate surface area is 151 Å². The predicted molar refractivity (Wildman–Crippen MR) is 102 cm³/mol. The summed E-state index contributed by atoms with van der Waals surface area (Å²) < 4.78 is 16.0. The minimum Gasteiger partial charge on any atom is -0.376 e. The van der Waals surface area contributed by atoms with Crippen LogP contribution in [0.4, 0.5) is 10.1 Å². The lowest BCUT2D eigenvalue weighted by molar-refractivity contribution is 0.618. The van der Waals surface area contributed by atoms with E-state index in [1.807, 2.05) is 48.1 Å². The summed E-state index contributed by atoms with van der Waals surface area (Å²) in [6, 6.07) is 12.6. The van der Waals surface area contributed by atoms with Crippen LogP contribution in [-0.2, 0) is 7.05 Å². The Morgan fingerprint density at radius 1 is 1.27 bits per heavy atom. The monoisotopic (exact) mass is 346 g/mol. The van der Waals surface area contributed by atoms with Crippen molar-refractivity contribution in [1.82, 2.24) is 9.55 Å². The lowest BCUT2D eigenvalue weighted by Crippen LogP contribution is -2.34. The SMILES string of the molecule is C=Cc1cc(F)cc2c1C(=N)C(c1nccn1C)C(c1ccccc1)N2. The van der Waals surface area contributed by atoms with Crippen molar-refractivity contribution >= 4 is 17.5 Å². The number of nitrogens with one attached hydrogen (secondary N) is 2. The lowest BCUT2D eigenvalue weighted by atomic mass is 9.79. The van der Waals surface area contributed by atoms with Gasteiger partial charge in [0.25, 0.3) is 0 Å². The van der Waals surface area contributed by atoms with Gasteiger partial charge >= 0.3 is 0 Å². The third kappa shape index (κ3) is 2.52. The van der Waals surface area contributed by atoms with E-state index in [2.05, 4.69) is 16.9 Å². The molecule has 0 spiro atoms. The van der Waals surface area contributed by atoms with Gasteiger partial charge in [-0.3, -0.25) is 0 Å². The summed E-state index contributed by atoms with van der Waals surface area (Å²) in [5.74, 6) is 0.150. The number of anilines is 1. The molecule has 0 saturated carbocycles. The zero-order chi connectivity index (χ0) is 18.3. The van der Waals surface area contributed by atoms with Crippen molar-refractivity contribution in [3.05, 3.63) is 89.8 Å². The lowest BCUT2D eigenvalue weighted by Gasteiger charge is -2.36. The average molecular weight is 346 g/mol. The van der Waals surface area contributed by atoms with E-state index in [-0.39, 0.29) is 17.8 Å². The number of fused-ring (bicyclic) bond motifs is 1. The Morgan fingerprint density at radius 3 is 2.69 bits per heavy atom. The van der Waals surface area contributed by atoms with Crippen LogP contribution in [0.25, 0.3) is 6.08 Å². The highest BCUT2D eigenvalue weighted by Gasteiger charge is 2.38. The minimum atomic E-state index is -0.346. The maximum absolute atomic E-state index is 14.1. The van der Waals surface area contributed by atoms with E-state index in [4.69, 9.17) is 5.41 Å². The van der Waals surface area contributed by atoms with E-state index in [0.717, 1.165) is 11.4 Å². The number of imidazole rings is 1. The second kappa shape index (κ2) is 6.26. The van der Waals surface area contributed by atoms with E-state index in [1.54, 1.807) is 12.3 Å². The van der Waals surface area contributed by atoms with Crippen LogP contribution in [0.1, 0.15) is 34.5 Å². The molecular formula is C21H19FN4. The molecule has 1 aromatic heterocycles. The van der Waals surface area contributed by atoms with Crippen LogP contribution in [0.3, 0.4) is 0 Å². The van der Waals surface area contributed by atoms with Crippen molar-refractivity contribution in [2.75, 3.05) is 5.32 Å². The highest BCUT2D eigenvalue weighted by molar-refractivity contribution is 6.11. The molecule has 4 rings (SSSR count). The first-order valence-electron chi connectivity index (χ1n) is 8.43. The second-order valence-corrected chi connectivity index (χ2v) is 6.44. The molecule has 0 radical (unpaired) electrons. The third-order valence-electron chi connectivity index (χ3n) is 4.87. The summed E-state index contributed by atoms with van der Waals surface area (Å²) in [5.41, 5.74) is 3.35. The summed E-state index contributed by atoms with van der Waals surface area (Å²) in [4.78, 5) is 4.49. The summed E-state index contributed by atoms with van der Waals surface area (Å²) in [6.07, 6.45) is 5.20. The topological polar surface area (TPSA) is 53.7 Å². The standard InChI is InChI=1S/C21H19FN4/c1-3-13-11-15(22)12-16-17(13)19(23)18(21-24-9-10-26(21)2)20(25-16)14-7-5-4-6-8-14/h3-12,18,20,23,25H,1H2,2H3.